The molecule has 0 atom stereocenters. The first-order valence-corrected chi connectivity index (χ1v) is 6.98. The summed E-state index contributed by atoms with van der Waals surface area (Å²) in [7, 11) is 0. The van der Waals surface area contributed by atoms with E-state index in [2.05, 4.69) is 68.6 Å². The summed E-state index contributed by atoms with van der Waals surface area (Å²) in [4.78, 5) is 13.5. The van der Waals surface area contributed by atoms with Gasteiger partial charge in [0, 0.05) is 17.8 Å². The van der Waals surface area contributed by atoms with Gasteiger partial charge in [0.05, 0.1) is 11.4 Å². The predicted molar refractivity (Wildman–Crippen MR) is 82.7 cm³/mol. The second-order valence-corrected chi connectivity index (χ2v) is 7.20. The van der Waals surface area contributed by atoms with Crippen molar-refractivity contribution in [3.8, 4) is 11.4 Å². The van der Waals surface area contributed by atoms with Gasteiger partial charge in [-0.05, 0) is 29.2 Å². The molecule has 0 amide bonds. The molecule has 2 aromatic rings. The van der Waals surface area contributed by atoms with Gasteiger partial charge in [0.1, 0.15) is 5.82 Å². The molecule has 0 bridgehead atoms. The molecule has 0 N–H and O–H groups in total. The molecule has 3 nitrogen and oxygen atoms in total. The molecule has 0 unspecified atom stereocenters. The predicted octanol–water partition coefficient (Wildman–Crippen LogP) is 4.13. The van der Waals surface area contributed by atoms with Gasteiger partial charge < -0.3 is 0 Å². The van der Waals surface area contributed by atoms with Crippen LogP contribution in [-0.2, 0) is 10.8 Å². The summed E-state index contributed by atoms with van der Waals surface area (Å²) in [6.07, 6.45) is 3.67. The van der Waals surface area contributed by atoms with Gasteiger partial charge in [0.15, 0.2) is 0 Å². The van der Waals surface area contributed by atoms with Crippen molar-refractivity contribution >= 4 is 0 Å². The fraction of sp³-hybridized carbons (Fsp3) is 0.471. The van der Waals surface area contributed by atoms with Gasteiger partial charge in [0.2, 0.25) is 0 Å². The van der Waals surface area contributed by atoms with E-state index in [-0.39, 0.29) is 10.8 Å². The van der Waals surface area contributed by atoms with Crippen LogP contribution in [0.25, 0.3) is 11.4 Å². The van der Waals surface area contributed by atoms with Crippen LogP contribution in [-0.4, -0.2) is 15.0 Å². The maximum Gasteiger partial charge on any atom is 0.134 e. The standard InChI is InChI=1S/C17H23N3/c1-16(2,3)12-7-9-18-14(11-12)13-8-10-19-15(20-13)17(4,5)6/h7-11H,1-6H3. The van der Waals surface area contributed by atoms with Crippen LogP contribution in [0.15, 0.2) is 30.6 Å². The number of hydrogen-bond donors (Lipinski definition) is 0. The van der Waals surface area contributed by atoms with Gasteiger partial charge in [-0.25, -0.2) is 9.97 Å². The van der Waals surface area contributed by atoms with Gasteiger partial charge >= 0.3 is 0 Å². The van der Waals surface area contributed by atoms with Crippen molar-refractivity contribution in [3.63, 3.8) is 0 Å². The number of nitrogens with zero attached hydrogens (tertiary/aromatic N) is 3. The Morgan fingerprint density at radius 1 is 0.750 bits per heavy atom. The molecule has 0 aliphatic heterocycles. The SMILES string of the molecule is CC(C)(C)c1ccnc(-c2ccnc(C(C)(C)C)n2)c1. The fourth-order valence-electron chi connectivity index (χ4n) is 1.90. The zero-order valence-corrected chi connectivity index (χ0v) is 13.2. The minimum atomic E-state index is -0.0579. The van der Waals surface area contributed by atoms with Gasteiger partial charge in [-0.1, -0.05) is 41.5 Å². The molecule has 2 rings (SSSR count). The Bertz CT molecular complexity index is 549. The lowest BCUT2D eigenvalue weighted by Gasteiger charge is -2.20. The van der Waals surface area contributed by atoms with Crippen LogP contribution in [0.1, 0.15) is 52.9 Å². The largest absolute Gasteiger partial charge is 0.255 e. The van der Waals surface area contributed by atoms with E-state index in [4.69, 9.17) is 0 Å². The molecular formula is C17H23N3. The van der Waals surface area contributed by atoms with Crippen LogP contribution < -0.4 is 0 Å². The van der Waals surface area contributed by atoms with E-state index in [1.807, 2.05) is 18.5 Å². The second kappa shape index (κ2) is 4.97. The topological polar surface area (TPSA) is 38.7 Å². The lowest BCUT2D eigenvalue weighted by Crippen LogP contribution is -2.16. The molecule has 0 aromatic carbocycles. The Morgan fingerprint density at radius 2 is 1.40 bits per heavy atom. The van der Waals surface area contributed by atoms with Crippen LogP contribution >= 0.6 is 0 Å². The van der Waals surface area contributed by atoms with Crippen LogP contribution in [0.4, 0.5) is 0 Å². The number of aromatic nitrogens is 3. The fourth-order valence-corrected chi connectivity index (χ4v) is 1.90. The Hall–Kier alpha value is -1.77. The molecule has 2 heterocycles. The minimum absolute atomic E-state index is 0.0579. The van der Waals surface area contributed by atoms with E-state index in [0.29, 0.717) is 0 Å². The van der Waals surface area contributed by atoms with Gasteiger partial charge in [-0.2, -0.15) is 0 Å². The molecule has 106 valence electrons. The first kappa shape index (κ1) is 14.6. The molecule has 0 aliphatic carbocycles. The molecule has 3 heteroatoms. The molecule has 0 radical (unpaired) electrons. The first-order chi connectivity index (χ1) is 9.18. The maximum atomic E-state index is 4.66. The minimum Gasteiger partial charge on any atom is -0.255 e. The first-order valence-electron chi connectivity index (χ1n) is 6.98. The summed E-state index contributed by atoms with van der Waals surface area (Å²) >= 11 is 0. The highest BCUT2D eigenvalue weighted by Gasteiger charge is 2.19. The zero-order valence-electron chi connectivity index (χ0n) is 13.2. The highest BCUT2D eigenvalue weighted by atomic mass is 14.9. The lowest BCUT2D eigenvalue weighted by atomic mass is 9.87. The van der Waals surface area contributed by atoms with Crippen molar-refractivity contribution in [2.24, 2.45) is 0 Å². The Balaban J connectivity index is 2.47. The molecule has 0 fully saturated rings. The van der Waals surface area contributed by atoms with E-state index in [1.54, 1.807) is 0 Å². The van der Waals surface area contributed by atoms with Crippen molar-refractivity contribution in [2.75, 3.05) is 0 Å². The number of hydrogen-bond acceptors (Lipinski definition) is 3. The number of pyridine rings is 1. The van der Waals surface area contributed by atoms with Crippen LogP contribution in [0.2, 0.25) is 0 Å². The van der Waals surface area contributed by atoms with Crippen molar-refractivity contribution < 1.29 is 0 Å². The molecule has 20 heavy (non-hydrogen) atoms. The van der Waals surface area contributed by atoms with E-state index < -0.39 is 0 Å². The third-order valence-corrected chi connectivity index (χ3v) is 3.21. The van der Waals surface area contributed by atoms with Gasteiger partial charge in [-0.3, -0.25) is 4.98 Å². The van der Waals surface area contributed by atoms with Gasteiger partial charge in [-0.15, -0.1) is 0 Å². The molecule has 2 aromatic heterocycles. The summed E-state index contributed by atoms with van der Waals surface area (Å²) in [5.74, 6) is 0.845. The average Bonchev–Trinajstić information content (AvgIpc) is 2.37. The van der Waals surface area contributed by atoms with Crippen molar-refractivity contribution in [3.05, 3.63) is 42.0 Å². The summed E-state index contributed by atoms with van der Waals surface area (Å²) in [5.41, 5.74) is 3.11. The summed E-state index contributed by atoms with van der Waals surface area (Å²) in [6.45, 7) is 13.0. The van der Waals surface area contributed by atoms with Crippen LogP contribution in [0.5, 0.6) is 0 Å². The van der Waals surface area contributed by atoms with Gasteiger partial charge in [0.25, 0.3) is 0 Å². The van der Waals surface area contributed by atoms with Crippen LogP contribution in [0, 0.1) is 0 Å². The molecular weight excluding hydrogens is 246 g/mol. The highest BCUT2D eigenvalue weighted by Crippen LogP contribution is 2.26. The summed E-state index contributed by atoms with van der Waals surface area (Å²) < 4.78 is 0. The van der Waals surface area contributed by atoms with Crippen molar-refractivity contribution in [2.45, 2.75) is 52.4 Å². The van der Waals surface area contributed by atoms with E-state index in [1.165, 1.54) is 5.56 Å². The van der Waals surface area contributed by atoms with E-state index in [9.17, 15) is 0 Å². The van der Waals surface area contributed by atoms with Crippen molar-refractivity contribution in [1.29, 1.82) is 0 Å². The highest BCUT2D eigenvalue weighted by molar-refractivity contribution is 5.55. The van der Waals surface area contributed by atoms with E-state index >= 15 is 0 Å². The molecule has 0 aliphatic rings. The van der Waals surface area contributed by atoms with Crippen LogP contribution in [0.3, 0.4) is 0 Å². The zero-order chi connectivity index (χ0) is 15.0. The van der Waals surface area contributed by atoms with E-state index in [0.717, 1.165) is 17.2 Å². The summed E-state index contributed by atoms with van der Waals surface area (Å²) in [5, 5.41) is 0. The monoisotopic (exact) mass is 269 g/mol. The third-order valence-electron chi connectivity index (χ3n) is 3.21. The second-order valence-electron chi connectivity index (χ2n) is 7.20. The molecule has 0 spiro atoms. The molecule has 0 saturated heterocycles. The normalized spacial score (nSPS) is 12.5. The third kappa shape index (κ3) is 3.21. The Morgan fingerprint density at radius 3 is 2.00 bits per heavy atom. The summed E-state index contributed by atoms with van der Waals surface area (Å²) in [6, 6.07) is 6.11. The quantitative estimate of drug-likeness (QED) is 0.781. The Labute approximate surface area is 121 Å². The smallest absolute Gasteiger partial charge is 0.134 e. The maximum absolute atomic E-state index is 4.66. The Kier molecular flexibility index (Phi) is 3.63. The number of rotatable bonds is 1. The average molecular weight is 269 g/mol. The molecule has 0 saturated carbocycles. The van der Waals surface area contributed by atoms with Crippen molar-refractivity contribution in [1.82, 2.24) is 15.0 Å². The lowest BCUT2D eigenvalue weighted by molar-refractivity contribution is 0.545.